The van der Waals surface area contributed by atoms with Crippen LogP contribution in [0.25, 0.3) is 0 Å². The number of carbonyl (C=O) groups excluding carboxylic acids is 1. The van der Waals surface area contributed by atoms with Crippen molar-refractivity contribution in [1.29, 1.82) is 0 Å². The van der Waals surface area contributed by atoms with E-state index in [-0.39, 0.29) is 24.3 Å². The number of aliphatic hydroxyl groups is 1. The van der Waals surface area contributed by atoms with Gasteiger partial charge in [-0.15, -0.1) is 0 Å². The van der Waals surface area contributed by atoms with Gasteiger partial charge in [0.25, 0.3) is 0 Å². The van der Waals surface area contributed by atoms with Crippen LogP contribution in [-0.2, 0) is 4.79 Å². The molecule has 0 bridgehead atoms. The Kier molecular flexibility index (Phi) is 7.10. The molecule has 2 N–H and O–H groups in total. The molecule has 0 radical (unpaired) electrons. The van der Waals surface area contributed by atoms with Crippen LogP contribution < -0.4 is 14.8 Å². The number of nitrogens with zero attached hydrogens (tertiary/aromatic N) is 1. The maximum Gasteiger partial charge on any atom is 0.220 e. The second-order valence-corrected chi connectivity index (χ2v) is 8.52. The van der Waals surface area contributed by atoms with E-state index in [2.05, 4.69) is 10.2 Å². The summed E-state index contributed by atoms with van der Waals surface area (Å²) in [4.78, 5) is 15.2. The summed E-state index contributed by atoms with van der Waals surface area (Å²) in [7, 11) is 0. The summed E-state index contributed by atoms with van der Waals surface area (Å²) in [6.07, 6.45) is 1.85. The first-order valence-electron chi connectivity index (χ1n) is 11.2. The Morgan fingerprint density at radius 1 is 1.03 bits per heavy atom. The largest absolute Gasteiger partial charge is 0.486 e. The summed E-state index contributed by atoms with van der Waals surface area (Å²) in [5, 5.41) is 14.3. The number of benzene rings is 2. The normalized spacial score (nSPS) is 18.9. The maximum atomic E-state index is 12.9. The molecular formula is C25H32N2O4. The zero-order valence-corrected chi connectivity index (χ0v) is 18.1. The van der Waals surface area contributed by atoms with Gasteiger partial charge in [-0.1, -0.05) is 36.4 Å². The highest BCUT2D eigenvalue weighted by molar-refractivity contribution is 5.76. The minimum atomic E-state index is -0.755. The van der Waals surface area contributed by atoms with E-state index in [1.165, 1.54) is 12.8 Å². The Balaban J connectivity index is 1.46. The van der Waals surface area contributed by atoms with Crippen LogP contribution in [0.1, 0.15) is 49.5 Å². The number of hydrogen-bond donors (Lipinski definition) is 2. The third-order valence-corrected chi connectivity index (χ3v) is 6.17. The molecule has 6 nitrogen and oxygen atoms in total. The number of likely N-dealkylation sites (tertiary alicyclic amines) is 1. The zero-order chi connectivity index (χ0) is 21.6. The molecule has 2 heterocycles. The van der Waals surface area contributed by atoms with Gasteiger partial charge < -0.3 is 24.8 Å². The van der Waals surface area contributed by atoms with Crippen LogP contribution in [0, 0.1) is 5.92 Å². The van der Waals surface area contributed by atoms with E-state index in [1.807, 2.05) is 55.5 Å². The molecule has 0 saturated carbocycles. The van der Waals surface area contributed by atoms with Crippen molar-refractivity contribution < 1.29 is 19.4 Å². The van der Waals surface area contributed by atoms with Crippen LogP contribution in [0.15, 0.2) is 48.5 Å². The van der Waals surface area contributed by atoms with Gasteiger partial charge in [0.2, 0.25) is 5.91 Å². The molecule has 166 valence electrons. The van der Waals surface area contributed by atoms with Crippen LogP contribution in [0.2, 0.25) is 0 Å². The van der Waals surface area contributed by atoms with Crippen LogP contribution in [0.3, 0.4) is 0 Å². The van der Waals surface area contributed by atoms with E-state index in [1.54, 1.807) is 0 Å². The van der Waals surface area contributed by atoms with Gasteiger partial charge >= 0.3 is 0 Å². The number of hydrogen-bond acceptors (Lipinski definition) is 5. The van der Waals surface area contributed by atoms with Gasteiger partial charge in [-0.3, -0.25) is 4.79 Å². The van der Waals surface area contributed by atoms with Crippen molar-refractivity contribution in [3.05, 3.63) is 59.7 Å². The van der Waals surface area contributed by atoms with Gasteiger partial charge in [-0.2, -0.15) is 0 Å². The predicted octanol–water partition coefficient (Wildman–Crippen LogP) is 3.47. The molecule has 0 aliphatic carbocycles. The number of ether oxygens (including phenoxy) is 2. The van der Waals surface area contributed by atoms with Gasteiger partial charge in [0.05, 0.1) is 12.1 Å². The first-order chi connectivity index (χ1) is 15.1. The topological polar surface area (TPSA) is 71.0 Å². The van der Waals surface area contributed by atoms with E-state index in [9.17, 15) is 9.90 Å². The Bertz CT molecular complexity index is 867. The van der Waals surface area contributed by atoms with E-state index < -0.39 is 6.10 Å². The summed E-state index contributed by atoms with van der Waals surface area (Å²) in [6.45, 7) is 5.76. The molecule has 1 fully saturated rings. The average molecular weight is 425 g/mol. The Morgan fingerprint density at radius 3 is 2.48 bits per heavy atom. The number of fused-ring (bicyclic) bond motifs is 1. The lowest BCUT2D eigenvalue weighted by molar-refractivity contribution is -0.124. The van der Waals surface area contributed by atoms with Crippen molar-refractivity contribution in [1.82, 2.24) is 10.2 Å². The molecule has 2 aromatic rings. The fourth-order valence-corrected chi connectivity index (χ4v) is 4.45. The number of amides is 1. The quantitative estimate of drug-likeness (QED) is 0.679. The van der Waals surface area contributed by atoms with Crippen molar-refractivity contribution in [2.75, 3.05) is 32.8 Å². The highest BCUT2D eigenvalue weighted by atomic mass is 16.6. The lowest BCUT2D eigenvalue weighted by Gasteiger charge is -2.29. The van der Waals surface area contributed by atoms with Gasteiger partial charge in [0.15, 0.2) is 11.5 Å². The first kappa shape index (κ1) is 21.7. The molecule has 4 rings (SSSR count). The monoisotopic (exact) mass is 424 g/mol. The number of nitrogens with one attached hydrogen (secondary N) is 1. The van der Waals surface area contributed by atoms with Crippen molar-refractivity contribution in [2.45, 2.75) is 38.3 Å². The number of rotatable bonds is 8. The fourth-order valence-electron chi connectivity index (χ4n) is 4.45. The third kappa shape index (κ3) is 5.57. The maximum absolute atomic E-state index is 12.9. The molecule has 1 saturated heterocycles. The fraction of sp³-hybridized carbons (Fsp3) is 0.480. The van der Waals surface area contributed by atoms with Crippen LogP contribution in [0.5, 0.6) is 11.5 Å². The minimum absolute atomic E-state index is 0.0443. The summed E-state index contributed by atoms with van der Waals surface area (Å²) in [5.74, 6) is 1.11. The highest BCUT2D eigenvalue weighted by Gasteiger charge is 2.29. The second kappa shape index (κ2) is 10.2. The molecule has 6 heteroatoms. The van der Waals surface area contributed by atoms with Crippen LogP contribution in [0.4, 0.5) is 0 Å². The van der Waals surface area contributed by atoms with Crippen LogP contribution in [-0.4, -0.2) is 48.8 Å². The molecule has 2 aromatic carbocycles. The van der Waals surface area contributed by atoms with Crippen LogP contribution >= 0.6 is 0 Å². The molecule has 2 aliphatic heterocycles. The Morgan fingerprint density at radius 2 is 1.74 bits per heavy atom. The molecule has 2 aliphatic rings. The van der Waals surface area contributed by atoms with E-state index in [4.69, 9.17) is 9.47 Å². The SMILES string of the molecule is C[C@H](NC(=O)C[C@H](CN1CCCC1)[C@H](O)c1ccc2c(c1)OCCO2)c1ccccc1. The molecule has 1 amide bonds. The van der Waals surface area contributed by atoms with Crippen molar-refractivity contribution in [3.8, 4) is 11.5 Å². The second-order valence-electron chi connectivity index (χ2n) is 8.52. The van der Waals surface area contributed by atoms with Gasteiger partial charge in [-0.05, 0) is 56.1 Å². The molecule has 0 aromatic heterocycles. The lowest BCUT2D eigenvalue weighted by Crippen LogP contribution is -2.35. The van der Waals surface area contributed by atoms with Crippen molar-refractivity contribution >= 4 is 5.91 Å². The molecule has 3 atom stereocenters. The van der Waals surface area contributed by atoms with E-state index >= 15 is 0 Å². The Hall–Kier alpha value is -2.57. The summed E-state index contributed by atoms with van der Waals surface area (Å²) in [6, 6.07) is 15.4. The minimum Gasteiger partial charge on any atom is -0.486 e. The van der Waals surface area contributed by atoms with Crippen molar-refractivity contribution in [3.63, 3.8) is 0 Å². The van der Waals surface area contributed by atoms with Gasteiger partial charge in [0, 0.05) is 18.9 Å². The predicted molar refractivity (Wildman–Crippen MR) is 119 cm³/mol. The smallest absolute Gasteiger partial charge is 0.220 e. The summed E-state index contributed by atoms with van der Waals surface area (Å²) in [5.41, 5.74) is 1.83. The number of aliphatic hydroxyl groups excluding tert-OH is 1. The molecular weight excluding hydrogens is 392 g/mol. The average Bonchev–Trinajstić information content (AvgIpc) is 3.31. The zero-order valence-electron chi connectivity index (χ0n) is 18.1. The standard InChI is InChI=1S/C25H32N2O4/c1-18(19-7-3-2-4-8-19)26-24(28)16-21(17-27-11-5-6-12-27)25(29)20-9-10-22-23(15-20)31-14-13-30-22/h2-4,7-10,15,18,21,25,29H,5-6,11-14,16-17H2,1H3,(H,26,28)/t18-,21+,25+/m0/s1. The van der Waals surface area contributed by atoms with Gasteiger partial charge in [-0.25, -0.2) is 0 Å². The van der Waals surface area contributed by atoms with E-state index in [0.717, 1.165) is 24.2 Å². The third-order valence-electron chi connectivity index (χ3n) is 6.17. The highest BCUT2D eigenvalue weighted by Crippen LogP contribution is 2.35. The van der Waals surface area contributed by atoms with E-state index in [0.29, 0.717) is 31.3 Å². The summed E-state index contributed by atoms with van der Waals surface area (Å²) < 4.78 is 11.3. The lowest BCUT2D eigenvalue weighted by atomic mass is 9.91. The molecule has 0 spiro atoms. The molecule has 0 unspecified atom stereocenters. The first-order valence-corrected chi connectivity index (χ1v) is 11.2. The number of carbonyl (C=O) groups is 1. The van der Waals surface area contributed by atoms with Gasteiger partial charge in [0.1, 0.15) is 13.2 Å². The van der Waals surface area contributed by atoms with Crippen molar-refractivity contribution in [2.24, 2.45) is 5.92 Å². The summed E-state index contributed by atoms with van der Waals surface area (Å²) >= 11 is 0. The Labute approximate surface area is 184 Å². The molecule has 31 heavy (non-hydrogen) atoms.